The molecule has 3 nitrogen and oxygen atoms in total. The standard InChI is InChI=1S/C10H9FN2O/c1-12-7-10(14)13-6-8-2-4-9(11)5-3-8/h2-5H,6-7H2,(H,13,14). The number of carbonyl (C=O) groups excluding carboxylic acids is 1. The highest BCUT2D eigenvalue weighted by Crippen LogP contribution is 2.01. The lowest BCUT2D eigenvalue weighted by Crippen LogP contribution is -2.24. The molecule has 0 heterocycles. The van der Waals surface area contributed by atoms with Gasteiger partial charge in [0.15, 0.2) is 0 Å². The molecule has 0 radical (unpaired) electrons. The summed E-state index contributed by atoms with van der Waals surface area (Å²) in [5, 5.41) is 2.54. The zero-order chi connectivity index (χ0) is 10.4. The predicted molar refractivity (Wildman–Crippen MR) is 49.7 cm³/mol. The summed E-state index contributed by atoms with van der Waals surface area (Å²) < 4.78 is 12.5. The minimum Gasteiger partial charge on any atom is -0.346 e. The Labute approximate surface area is 81.4 Å². The second kappa shape index (κ2) is 4.97. The molecule has 14 heavy (non-hydrogen) atoms. The molecule has 1 amide bonds. The van der Waals surface area contributed by atoms with Crippen molar-refractivity contribution in [2.45, 2.75) is 6.54 Å². The largest absolute Gasteiger partial charge is 0.346 e. The van der Waals surface area contributed by atoms with Crippen LogP contribution in [0.15, 0.2) is 24.3 Å². The number of benzene rings is 1. The Morgan fingerprint density at radius 3 is 2.64 bits per heavy atom. The van der Waals surface area contributed by atoms with Crippen molar-refractivity contribution in [3.8, 4) is 0 Å². The van der Waals surface area contributed by atoms with E-state index in [4.69, 9.17) is 6.57 Å². The molecule has 0 spiro atoms. The van der Waals surface area contributed by atoms with Crippen LogP contribution in [0.25, 0.3) is 4.85 Å². The van der Waals surface area contributed by atoms with Crippen molar-refractivity contribution in [2.75, 3.05) is 6.54 Å². The van der Waals surface area contributed by atoms with E-state index in [0.717, 1.165) is 5.56 Å². The number of carbonyl (C=O) groups is 1. The first kappa shape index (κ1) is 10.2. The highest BCUT2D eigenvalue weighted by Gasteiger charge is 2.02. The smallest absolute Gasteiger partial charge is 0.300 e. The number of rotatable bonds is 3. The number of hydrogen-bond donors (Lipinski definition) is 1. The fourth-order valence-electron chi connectivity index (χ4n) is 0.931. The molecule has 0 aliphatic rings. The van der Waals surface area contributed by atoms with Gasteiger partial charge in [0.05, 0.1) is 0 Å². The van der Waals surface area contributed by atoms with Crippen molar-refractivity contribution in [2.24, 2.45) is 0 Å². The van der Waals surface area contributed by atoms with Crippen molar-refractivity contribution in [3.63, 3.8) is 0 Å². The number of amides is 1. The van der Waals surface area contributed by atoms with Crippen LogP contribution in [0.1, 0.15) is 5.56 Å². The van der Waals surface area contributed by atoms with Crippen LogP contribution >= 0.6 is 0 Å². The first-order valence-electron chi connectivity index (χ1n) is 4.06. The van der Waals surface area contributed by atoms with Gasteiger partial charge in [-0.1, -0.05) is 12.1 Å². The molecule has 0 atom stereocenters. The van der Waals surface area contributed by atoms with Crippen molar-refractivity contribution in [3.05, 3.63) is 47.1 Å². The van der Waals surface area contributed by atoms with E-state index in [9.17, 15) is 9.18 Å². The van der Waals surface area contributed by atoms with Crippen LogP contribution in [0.2, 0.25) is 0 Å². The molecule has 4 heteroatoms. The average molecular weight is 192 g/mol. The van der Waals surface area contributed by atoms with Gasteiger partial charge in [-0.3, -0.25) is 4.79 Å². The summed E-state index contributed by atoms with van der Waals surface area (Å²) in [5.41, 5.74) is 0.810. The third-order valence-electron chi connectivity index (χ3n) is 1.63. The lowest BCUT2D eigenvalue weighted by molar-refractivity contribution is -0.119. The van der Waals surface area contributed by atoms with Gasteiger partial charge in [-0.15, -0.1) is 0 Å². The van der Waals surface area contributed by atoms with E-state index >= 15 is 0 Å². The Morgan fingerprint density at radius 1 is 1.43 bits per heavy atom. The van der Waals surface area contributed by atoms with Gasteiger partial charge in [-0.25, -0.2) is 11.0 Å². The number of nitrogens with zero attached hydrogens (tertiary/aromatic N) is 1. The van der Waals surface area contributed by atoms with E-state index in [1.165, 1.54) is 12.1 Å². The Bertz CT molecular complexity index is 353. The zero-order valence-electron chi connectivity index (χ0n) is 7.46. The number of hydrogen-bond acceptors (Lipinski definition) is 1. The molecule has 0 saturated heterocycles. The first-order valence-corrected chi connectivity index (χ1v) is 4.06. The quantitative estimate of drug-likeness (QED) is 0.721. The van der Waals surface area contributed by atoms with Crippen LogP contribution in [0.3, 0.4) is 0 Å². The van der Waals surface area contributed by atoms with Gasteiger partial charge < -0.3 is 10.2 Å². The maximum absolute atomic E-state index is 12.5. The summed E-state index contributed by atoms with van der Waals surface area (Å²) >= 11 is 0. The van der Waals surface area contributed by atoms with Crippen LogP contribution in [0.5, 0.6) is 0 Å². The van der Waals surface area contributed by atoms with Gasteiger partial charge >= 0.3 is 0 Å². The Morgan fingerprint density at radius 2 is 2.07 bits per heavy atom. The van der Waals surface area contributed by atoms with E-state index in [2.05, 4.69) is 10.2 Å². The fraction of sp³-hybridized carbons (Fsp3) is 0.200. The highest BCUT2D eigenvalue weighted by molar-refractivity contribution is 5.79. The van der Waals surface area contributed by atoms with Gasteiger partial charge in [0.2, 0.25) is 0 Å². The van der Waals surface area contributed by atoms with Gasteiger partial charge in [0, 0.05) is 6.54 Å². The second-order valence-corrected chi connectivity index (χ2v) is 2.72. The summed E-state index contributed by atoms with van der Waals surface area (Å²) in [7, 11) is 0. The molecule has 72 valence electrons. The monoisotopic (exact) mass is 192 g/mol. The maximum atomic E-state index is 12.5. The van der Waals surface area contributed by atoms with Gasteiger partial charge in [-0.05, 0) is 17.7 Å². The number of nitrogens with one attached hydrogen (secondary N) is 1. The predicted octanol–water partition coefficient (Wildman–Crippen LogP) is 1.36. The second-order valence-electron chi connectivity index (χ2n) is 2.72. The molecule has 1 rings (SSSR count). The molecule has 0 aliphatic heterocycles. The van der Waals surface area contributed by atoms with Crippen molar-refractivity contribution in [1.29, 1.82) is 0 Å². The summed E-state index contributed by atoms with van der Waals surface area (Å²) in [4.78, 5) is 13.8. The topological polar surface area (TPSA) is 33.5 Å². The lowest BCUT2D eigenvalue weighted by Gasteiger charge is -2.01. The van der Waals surface area contributed by atoms with Crippen LogP contribution in [0.4, 0.5) is 4.39 Å². The molecule has 0 aromatic heterocycles. The van der Waals surface area contributed by atoms with E-state index in [0.29, 0.717) is 6.54 Å². The molecule has 1 N–H and O–H groups in total. The molecule has 0 aliphatic carbocycles. The van der Waals surface area contributed by atoms with Crippen molar-refractivity contribution >= 4 is 5.91 Å². The summed E-state index contributed by atoms with van der Waals surface area (Å²) in [6.07, 6.45) is 0. The molecule has 0 fully saturated rings. The molecular weight excluding hydrogens is 183 g/mol. The molecule has 0 bridgehead atoms. The summed E-state index contributed by atoms with van der Waals surface area (Å²) in [6, 6.07) is 5.84. The summed E-state index contributed by atoms with van der Waals surface area (Å²) in [5.74, 6) is -0.620. The van der Waals surface area contributed by atoms with Crippen LogP contribution < -0.4 is 5.32 Å². The maximum Gasteiger partial charge on any atom is 0.300 e. The fourth-order valence-corrected chi connectivity index (χ4v) is 0.931. The van der Waals surface area contributed by atoms with Gasteiger partial charge in [0.25, 0.3) is 12.5 Å². The van der Waals surface area contributed by atoms with E-state index in [-0.39, 0.29) is 18.3 Å². The van der Waals surface area contributed by atoms with Gasteiger partial charge in [-0.2, -0.15) is 0 Å². The third kappa shape index (κ3) is 3.23. The van der Waals surface area contributed by atoms with E-state index in [1.54, 1.807) is 12.1 Å². The summed E-state index contributed by atoms with van der Waals surface area (Å²) in [6.45, 7) is 6.62. The Kier molecular flexibility index (Phi) is 3.62. The average Bonchev–Trinajstić information content (AvgIpc) is 2.17. The minimum absolute atomic E-state index is 0.165. The minimum atomic E-state index is -0.315. The Balaban J connectivity index is 2.43. The van der Waals surface area contributed by atoms with Crippen LogP contribution in [0, 0.1) is 12.4 Å². The van der Waals surface area contributed by atoms with Gasteiger partial charge in [0.1, 0.15) is 5.82 Å². The molecule has 1 aromatic rings. The first-order chi connectivity index (χ1) is 6.72. The van der Waals surface area contributed by atoms with E-state index in [1.807, 2.05) is 0 Å². The van der Waals surface area contributed by atoms with Crippen molar-refractivity contribution < 1.29 is 9.18 Å². The Hall–Kier alpha value is -1.89. The highest BCUT2D eigenvalue weighted by atomic mass is 19.1. The number of halogens is 1. The molecule has 1 aromatic carbocycles. The molecule has 0 saturated carbocycles. The van der Waals surface area contributed by atoms with E-state index < -0.39 is 0 Å². The normalized spacial score (nSPS) is 9.14. The lowest BCUT2D eigenvalue weighted by atomic mass is 10.2. The van der Waals surface area contributed by atoms with Crippen molar-refractivity contribution in [1.82, 2.24) is 5.32 Å². The SMILES string of the molecule is [C-]#[N+]CC(=O)NCc1ccc(F)cc1. The zero-order valence-corrected chi connectivity index (χ0v) is 7.46. The molecular formula is C10H9FN2O. The molecule has 0 unspecified atom stereocenters. The van der Waals surface area contributed by atoms with Crippen LogP contribution in [-0.4, -0.2) is 12.5 Å². The third-order valence-corrected chi connectivity index (χ3v) is 1.63. The van der Waals surface area contributed by atoms with Crippen LogP contribution in [-0.2, 0) is 11.3 Å².